The molecular weight excluding hydrogens is 268 g/mol. The second kappa shape index (κ2) is 5.66. The maximum absolute atomic E-state index is 12.5. The number of hydrogen-bond donors (Lipinski definition) is 1. The minimum atomic E-state index is -0.925. The molecule has 1 fully saturated rings. The fourth-order valence-electron chi connectivity index (χ4n) is 2.15. The Labute approximate surface area is 115 Å². The normalized spacial score (nSPS) is 19.5. The van der Waals surface area contributed by atoms with Gasteiger partial charge in [0.1, 0.15) is 4.88 Å². The van der Waals surface area contributed by atoms with E-state index in [-0.39, 0.29) is 18.9 Å². The molecule has 0 spiro atoms. The summed E-state index contributed by atoms with van der Waals surface area (Å²) < 4.78 is 5.27. The molecule has 1 aliphatic rings. The molecule has 0 radical (unpaired) electrons. The number of carboxylic acid groups (broad SMARTS) is 1. The van der Waals surface area contributed by atoms with Crippen molar-refractivity contribution in [3.05, 3.63) is 15.6 Å². The van der Waals surface area contributed by atoms with E-state index in [4.69, 9.17) is 9.84 Å². The summed E-state index contributed by atoms with van der Waals surface area (Å²) in [7, 11) is 0. The van der Waals surface area contributed by atoms with Crippen LogP contribution in [0.1, 0.15) is 26.8 Å². The molecule has 6 nitrogen and oxygen atoms in total. The Morgan fingerprint density at radius 2 is 2.26 bits per heavy atom. The molecule has 0 saturated carbocycles. The van der Waals surface area contributed by atoms with E-state index in [9.17, 15) is 9.59 Å². The van der Waals surface area contributed by atoms with Gasteiger partial charge in [-0.2, -0.15) is 0 Å². The van der Waals surface area contributed by atoms with Crippen LogP contribution < -0.4 is 0 Å². The number of morpholine rings is 1. The molecule has 1 atom stereocenters. The van der Waals surface area contributed by atoms with E-state index in [1.165, 1.54) is 11.3 Å². The van der Waals surface area contributed by atoms with Gasteiger partial charge in [0.15, 0.2) is 0 Å². The zero-order valence-electron chi connectivity index (χ0n) is 10.9. The first-order valence-corrected chi connectivity index (χ1v) is 6.85. The van der Waals surface area contributed by atoms with Crippen molar-refractivity contribution in [3.8, 4) is 0 Å². The molecule has 2 heterocycles. The molecule has 0 aliphatic carbocycles. The molecular formula is C12H16N2O4S. The number of carbonyl (C=O) groups excluding carboxylic acids is 1. The Morgan fingerprint density at radius 1 is 1.53 bits per heavy atom. The summed E-state index contributed by atoms with van der Waals surface area (Å²) in [6.45, 7) is 4.78. The van der Waals surface area contributed by atoms with Gasteiger partial charge in [-0.05, 0) is 13.8 Å². The molecule has 1 aromatic heterocycles. The van der Waals surface area contributed by atoms with Crippen molar-refractivity contribution in [1.82, 2.24) is 9.88 Å². The summed E-state index contributed by atoms with van der Waals surface area (Å²) in [5.74, 6) is -1.07. The van der Waals surface area contributed by atoms with Crippen LogP contribution in [0.4, 0.5) is 0 Å². The van der Waals surface area contributed by atoms with Gasteiger partial charge in [-0.25, -0.2) is 4.98 Å². The van der Waals surface area contributed by atoms with E-state index in [0.717, 1.165) is 5.01 Å². The molecule has 104 valence electrons. The largest absolute Gasteiger partial charge is 0.481 e. The summed E-state index contributed by atoms with van der Waals surface area (Å²) in [4.78, 5) is 29.7. The van der Waals surface area contributed by atoms with Crippen LogP contribution in [-0.4, -0.2) is 52.7 Å². The minimum Gasteiger partial charge on any atom is -0.481 e. The number of hydrogen-bond acceptors (Lipinski definition) is 5. The van der Waals surface area contributed by atoms with Gasteiger partial charge >= 0.3 is 5.97 Å². The summed E-state index contributed by atoms with van der Waals surface area (Å²) in [6, 6.07) is -0.402. The van der Waals surface area contributed by atoms with E-state index >= 15 is 0 Å². The zero-order valence-corrected chi connectivity index (χ0v) is 11.7. The Balaban J connectivity index is 2.19. The van der Waals surface area contributed by atoms with Gasteiger partial charge < -0.3 is 14.7 Å². The standard InChI is InChI=1S/C12H16N2O4S/c1-7-11(19-8(2)13-7)12(17)14-3-4-18-6-9(14)5-10(15)16/h9H,3-6H2,1-2H3,(H,15,16). The Kier molecular flexibility index (Phi) is 4.16. The van der Waals surface area contributed by atoms with Crippen molar-refractivity contribution >= 4 is 23.2 Å². The highest BCUT2D eigenvalue weighted by molar-refractivity contribution is 7.13. The molecule has 1 aliphatic heterocycles. The van der Waals surface area contributed by atoms with Gasteiger partial charge in [-0.3, -0.25) is 9.59 Å². The van der Waals surface area contributed by atoms with Crippen molar-refractivity contribution in [2.75, 3.05) is 19.8 Å². The lowest BCUT2D eigenvalue weighted by Crippen LogP contribution is -2.49. The number of carboxylic acids is 1. The second-order valence-electron chi connectivity index (χ2n) is 4.47. The number of amides is 1. The molecule has 1 N–H and O–H groups in total. The topological polar surface area (TPSA) is 79.7 Å². The number of carbonyl (C=O) groups is 2. The van der Waals surface area contributed by atoms with Crippen molar-refractivity contribution in [2.24, 2.45) is 0 Å². The van der Waals surface area contributed by atoms with Crippen molar-refractivity contribution < 1.29 is 19.4 Å². The quantitative estimate of drug-likeness (QED) is 0.898. The number of ether oxygens (including phenoxy) is 1. The van der Waals surface area contributed by atoms with Gasteiger partial charge in [0.25, 0.3) is 5.91 Å². The van der Waals surface area contributed by atoms with Crippen molar-refractivity contribution in [1.29, 1.82) is 0 Å². The molecule has 0 aromatic carbocycles. The Bertz CT molecular complexity index is 500. The predicted molar refractivity (Wildman–Crippen MR) is 69.5 cm³/mol. The monoisotopic (exact) mass is 284 g/mol. The van der Waals surface area contributed by atoms with E-state index in [0.29, 0.717) is 23.7 Å². The lowest BCUT2D eigenvalue weighted by Gasteiger charge is -2.34. The first kappa shape index (κ1) is 14.0. The van der Waals surface area contributed by atoms with Crippen LogP contribution in [0, 0.1) is 13.8 Å². The molecule has 1 saturated heterocycles. The minimum absolute atomic E-state index is 0.0947. The van der Waals surface area contributed by atoms with E-state index in [2.05, 4.69) is 4.98 Å². The predicted octanol–water partition coefficient (Wildman–Crippen LogP) is 1.08. The van der Waals surface area contributed by atoms with Gasteiger partial charge in [-0.1, -0.05) is 0 Å². The van der Waals surface area contributed by atoms with E-state index in [1.807, 2.05) is 6.92 Å². The third-order valence-corrected chi connectivity index (χ3v) is 4.06. The van der Waals surface area contributed by atoms with Gasteiger partial charge in [0.2, 0.25) is 0 Å². The first-order chi connectivity index (χ1) is 8.99. The van der Waals surface area contributed by atoms with Crippen LogP contribution in [0.25, 0.3) is 0 Å². The number of nitrogens with zero attached hydrogens (tertiary/aromatic N) is 2. The fraction of sp³-hybridized carbons (Fsp3) is 0.583. The fourth-order valence-corrected chi connectivity index (χ4v) is 3.03. The number of aromatic nitrogens is 1. The molecule has 19 heavy (non-hydrogen) atoms. The van der Waals surface area contributed by atoms with Gasteiger partial charge in [0, 0.05) is 6.54 Å². The highest BCUT2D eigenvalue weighted by atomic mass is 32.1. The summed E-state index contributed by atoms with van der Waals surface area (Å²) in [6.07, 6.45) is -0.0947. The maximum Gasteiger partial charge on any atom is 0.305 e. The average Bonchev–Trinajstić information content (AvgIpc) is 2.67. The highest BCUT2D eigenvalue weighted by Crippen LogP contribution is 2.22. The Morgan fingerprint density at radius 3 is 2.84 bits per heavy atom. The van der Waals surface area contributed by atoms with Crippen LogP contribution in [0.3, 0.4) is 0 Å². The highest BCUT2D eigenvalue weighted by Gasteiger charge is 2.31. The smallest absolute Gasteiger partial charge is 0.305 e. The van der Waals surface area contributed by atoms with Gasteiger partial charge in [0.05, 0.1) is 36.4 Å². The number of thiazole rings is 1. The molecule has 1 aromatic rings. The lowest BCUT2D eigenvalue weighted by atomic mass is 10.1. The van der Waals surface area contributed by atoms with Crippen LogP contribution >= 0.6 is 11.3 Å². The Hall–Kier alpha value is -1.47. The van der Waals surface area contributed by atoms with E-state index in [1.54, 1.807) is 11.8 Å². The van der Waals surface area contributed by atoms with Crippen molar-refractivity contribution in [3.63, 3.8) is 0 Å². The number of aliphatic carboxylic acids is 1. The molecule has 7 heteroatoms. The van der Waals surface area contributed by atoms with E-state index < -0.39 is 12.0 Å². The number of aryl methyl sites for hydroxylation is 2. The lowest BCUT2D eigenvalue weighted by molar-refractivity contribution is -0.139. The third kappa shape index (κ3) is 3.10. The summed E-state index contributed by atoms with van der Waals surface area (Å²) in [5, 5.41) is 9.73. The SMILES string of the molecule is Cc1nc(C)c(C(=O)N2CCOCC2CC(=O)O)s1. The van der Waals surface area contributed by atoms with Crippen LogP contribution in [-0.2, 0) is 9.53 Å². The summed E-state index contributed by atoms with van der Waals surface area (Å²) in [5.41, 5.74) is 0.702. The van der Waals surface area contributed by atoms with Crippen molar-refractivity contribution in [2.45, 2.75) is 26.3 Å². The first-order valence-electron chi connectivity index (χ1n) is 6.03. The van der Waals surface area contributed by atoms with Gasteiger partial charge in [-0.15, -0.1) is 11.3 Å². The average molecular weight is 284 g/mol. The molecule has 0 bridgehead atoms. The van der Waals surface area contributed by atoms with Crippen LogP contribution in [0.5, 0.6) is 0 Å². The number of rotatable bonds is 3. The second-order valence-corrected chi connectivity index (χ2v) is 5.68. The molecule has 2 rings (SSSR count). The summed E-state index contributed by atoms with van der Waals surface area (Å²) >= 11 is 1.35. The van der Waals surface area contributed by atoms with Crippen LogP contribution in [0.2, 0.25) is 0 Å². The molecule has 1 unspecified atom stereocenters. The van der Waals surface area contributed by atoms with Crippen LogP contribution in [0.15, 0.2) is 0 Å². The third-order valence-electron chi connectivity index (χ3n) is 3.00. The maximum atomic E-state index is 12.5. The molecule has 1 amide bonds. The zero-order chi connectivity index (χ0) is 14.0.